The Kier molecular flexibility index (Phi) is 5.93. The van der Waals surface area contributed by atoms with Crippen molar-refractivity contribution in [1.29, 1.82) is 0 Å². The predicted octanol–water partition coefficient (Wildman–Crippen LogP) is 8.80. The van der Waals surface area contributed by atoms with Crippen molar-refractivity contribution in [3.05, 3.63) is 125 Å². The first-order valence-electron chi connectivity index (χ1n) is 11.5. The second-order valence-corrected chi connectivity index (χ2v) is 9.83. The monoisotopic (exact) mass is 508 g/mol. The zero-order chi connectivity index (χ0) is 24.5. The van der Waals surface area contributed by atoms with Gasteiger partial charge in [0.1, 0.15) is 22.8 Å². The third-order valence-electron chi connectivity index (χ3n) is 6.04. The van der Waals surface area contributed by atoms with Gasteiger partial charge in [-0.15, -0.1) is 0 Å². The largest absolute Gasteiger partial charge is 0.508 e. The van der Waals surface area contributed by atoms with E-state index in [1.807, 2.05) is 103 Å². The molecular weight excluding hydrogens is 488 g/mol. The van der Waals surface area contributed by atoms with Gasteiger partial charge in [0.05, 0.1) is 15.8 Å². The number of halogens is 1. The average Bonchev–Trinajstić information content (AvgIpc) is 3.33. The molecule has 5 aromatic carbocycles. The summed E-state index contributed by atoms with van der Waals surface area (Å²) in [6.07, 6.45) is 0. The molecule has 0 bridgehead atoms. The summed E-state index contributed by atoms with van der Waals surface area (Å²) in [5.74, 6) is 1.67. The summed E-state index contributed by atoms with van der Waals surface area (Å²) in [7, 11) is 0. The summed E-state index contributed by atoms with van der Waals surface area (Å²) in [5, 5.41) is 18.0. The number of hydrogen-bond donors (Lipinski definition) is 2. The zero-order valence-electron chi connectivity index (χ0n) is 19.1. The molecule has 0 aliphatic carbocycles. The van der Waals surface area contributed by atoms with Gasteiger partial charge in [-0.3, -0.25) is 0 Å². The number of ether oxygens (including phenoxy) is 1. The molecule has 1 aromatic heterocycles. The topological polar surface area (TPSA) is 54.4 Å². The first kappa shape index (κ1) is 22.4. The Balaban J connectivity index is 1.48. The minimum atomic E-state index is -0.394. The molecule has 1 heterocycles. The quantitative estimate of drug-likeness (QED) is 0.236. The van der Waals surface area contributed by atoms with Crippen LogP contribution in [0.25, 0.3) is 21.0 Å². The third-order valence-corrected chi connectivity index (χ3v) is 7.30. The Labute approximate surface area is 217 Å². The molecule has 2 N–H and O–H groups in total. The SMILES string of the molecule is Oc1ccc2ccccc2c1C(Nc1nc2c(Cl)cccc2s1)c1cccc(Oc2ccccc2)c1. The van der Waals surface area contributed by atoms with Gasteiger partial charge in [-0.2, -0.15) is 0 Å². The number of benzene rings is 5. The predicted molar refractivity (Wildman–Crippen MR) is 149 cm³/mol. The van der Waals surface area contributed by atoms with Crippen LogP contribution < -0.4 is 10.1 Å². The van der Waals surface area contributed by atoms with E-state index in [-0.39, 0.29) is 5.75 Å². The van der Waals surface area contributed by atoms with Gasteiger partial charge in [-0.05, 0) is 58.8 Å². The number of phenols is 1. The number of fused-ring (bicyclic) bond motifs is 2. The highest BCUT2D eigenvalue weighted by Gasteiger charge is 2.23. The average molecular weight is 509 g/mol. The number of thiazole rings is 1. The Morgan fingerprint density at radius 2 is 1.58 bits per heavy atom. The van der Waals surface area contributed by atoms with Crippen LogP contribution in [0.4, 0.5) is 5.13 Å². The van der Waals surface area contributed by atoms with Crippen LogP contribution in [0.2, 0.25) is 5.02 Å². The maximum Gasteiger partial charge on any atom is 0.184 e. The van der Waals surface area contributed by atoms with Crippen molar-refractivity contribution in [2.45, 2.75) is 6.04 Å². The number of nitrogens with one attached hydrogen (secondary N) is 1. The van der Waals surface area contributed by atoms with Crippen molar-refractivity contribution in [2.75, 3.05) is 5.32 Å². The molecule has 1 unspecified atom stereocenters. The second-order valence-electron chi connectivity index (χ2n) is 8.39. The van der Waals surface area contributed by atoms with Gasteiger partial charge in [0.15, 0.2) is 5.13 Å². The van der Waals surface area contributed by atoms with Crippen LogP contribution in [0, 0.1) is 0 Å². The summed E-state index contributed by atoms with van der Waals surface area (Å²) in [6, 6.07) is 34.7. The van der Waals surface area contributed by atoms with Gasteiger partial charge in [-0.1, -0.05) is 89.7 Å². The Morgan fingerprint density at radius 3 is 2.44 bits per heavy atom. The maximum atomic E-state index is 11.1. The number of para-hydroxylation sites is 2. The molecule has 4 nitrogen and oxygen atoms in total. The summed E-state index contributed by atoms with van der Waals surface area (Å²) in [4.78, 5) is 4.77. The zero-order valence-corrected chi connectivity index (χ0v) is 20.6. The van der Waals surface area contributed by atoms with Crippen molar-refractivity contribution in [2.24, 2.45) is 0 Å². The Bertz CT molecular complexity index is 1680. The lowest BCUT2D eigenvalue weighted by molar-refractivity contribution is 0.467. The summed E-state index contributed by atoms with van der Waals surface area (Å²) in [5.41, 5.74) is 2.46. The first-order valence-corrected chi connectivity index (χ1v) is 12.7. The fraction of sp³-hybridized carbons (Fsp3) is 0.0333. The van der Waals surface area contributed by atoms with Crippen molar-refractivity contribution in [3.8, 4) is 17.2 Å². The van der Waals surface area contributed by atoms with Crippen LogP contribution >= 0.6 is 22.9 Å². The fourth-order valence-corrected chi connectivity index (χ4v) is 5.59. The number of hydrogen-bond acceptors (Lipinski definition) is 5. The van der Waals surface area contributed by atoms with E-state index in [1.54, 1.807) is 6.07 Å². The van der Waals surface area contributed by atoms with Crippen LogP contribution in [-0.4, -0.2) is 10.1 Å². The number of phenolic OH excluding ortho intramolecular Hbond substituents is 1. The highest BCUT2D eigenvalue weighted by atomic mass is 35.5. The van der Waals surface area contributed by atoms with Gasteiger partial charge in [0, 0.05) is 5.56 Å². The first-order chi connectivity index (χ1) is 17.7. The van der Waals surface area contributed by atoms with Crippen molar-refractivity contribution in [3.63, 3.8) is 0 Å². The minimum absolute atomic E-state index is 0.208. The lowest BCUT2D eigenvalue weighted by Crippen LogP contribution is -2.13. The van der Waals surface area contributed by atoms with Crippen molar-refractivity contribution < 1.29 is 9.84 Å². The molecule has 0 radical (unpaired) electrons. The van der Waals surface area contributed by atoms with E-state index in [9.17, 15) is 5.11 Å². The molecule has 6 rings (SSSR count). The number of aromatic nitrogens is 1. The molecule has 0 spiro atoms. The third kappa shape index (κ3) is 4.35. The van der Waals surface area contributed by atoms with Crippen LogP contribution in [-0.2, 0) is 0 Å². The highest BCUT2D eigenvalue weighted by molar-refractivity contribution is 7.22. The summed E-state index contributed by atoms with van der Waals surface area (Å²) in [6.45, 7) is 0. The van der Waals surface area contributed by atoms with Crippen LogP contribution in [0.1, 0.15) is 17.2 Å². The molecule has 1 atom stereocenters. The standard InChI is InChI=1S/C30H21ClN2O2S/c31-24-14-7-15-26-29(24)33-30(36-26)32-28(27-23-13-5-4-8-19(23)16-17-25(27)34)20-9-6-12-22(18-20)35-21-10-2-1-3-11-21/h1-18,28,34H,(H,32,33). The summed E-state index contributed by atoms with van der Waals surface area (Å²) >= 11 is 7.93. The molecule has 0 saturated carbocycles. The van der Waals surface area contributed by atoms with E-state index in [0.717, 1.165) is 37.9 Å². The van der Waals surface area contributed by atoms with E-state index in [0.29, 0.717) is 15.9 Å². The van der Waals surface area contributed by atoms with Crippen LogP contribution in [0.5, 0.6) is 17.2 Å². The summed E-state index contributed by atoms with van der Waals surface area (Å²) < 4.78 is 7.11. The van der Waals surface area contributed by atoms with E-state index >= 15 is 0 Å². The minimum Gasteiger partial charge on any atom is -0.508 e. The Hall–Kier alpha value is -4.06. The maximum absolute atomic E-state index is 11.1. The number of anilines is 1. The molecule has 36 heavy (non-hydrogen) atoms. The molecule has 6 heteroatoms. The van der Waals surface area contributed by atoms with Crippen LogP contribution in [0.15, 0.2) is 109 Å². The molecule has 0 amide bonds. The van der Waals surface area contributed by atoms with Gasteiger partial charge in [0.25, 0.3) is 0 Å². The van der Waals surface area contributed by atoms with Crippen molar-refractivity contribution >= 4 is 49.1 Å². The normalized spacial score (nSPS) is 12.0. The number of nitrogens with zero attached hydrogens (tertiary/aromatic N) is 1. The van der Waals surface area contributed by atoms with E-state index < -0.39 is 6.04 Å². The van der Waals surface area contributed by atoms with Crippen LogP contribution in [0.3, 0.4) is 0 Å². The molecule has 0 saturated heterocycles. The van der Waals surface area contributed by atoms with Gasteiger partial charge in [-0.25, -0.2) is 4.98 Å². The highest BCUT2D eigenvalue weighted by Crippen LogP contribution is 2.40. The Morgan fingerprint density at radius 1 is 0.806 bits per heavy atom. The molecule has 0 aliphatic heterocycles. The van der Waals surface area contributed by atoms with E-state index in [2.05, 4.69) is 5.32 Å². The van der Waals surface area contributed by atoms with Gasteiger partial charge in [0.2, 0.25) is 0 Å². The van der Waals surface area contributed by atoms with E-state index in [1.165, 1.54) is 11.3 Å². The van der Waals surface area contributed by atoms with Gasteiger partial charge >= 0.3 is 0 Å². The van der Waals surface area contributed by atoms with Gasteiger partial charge < -0.3 is 15.2 Å². The molecule has 6 aromatic rings. The second kappa shape index (κ2) is 9.53. The molecule has 0 fully saturated rings. The molecule has 176 valence electrons. The van der Waals surface area contributed by atoms with E-state index in [4.69, 9.17) is 21.3 Å². The fourth-order valence-electron chi connectivity index (χ4n) is 4.39. The molecular formula is C30H21ClN2O2S. The smallest absolute Gasteiger partial charge is 0.184 e. The lowest BCUT2D eigenvalue weighted by atomic mass is 9.92. The number of rotatable bonds is 6. The number of aromatic hydroxyl groups is 1. The molecule has 0 aliphatic rings. The lowest BCUT2D eigenvalue weighted by Gasteiger charge is -2.23. The van der Waals surface area contributed by atoms with Crippen molar-refractivity contribution in [1.82, 2.24) is 4.98 Å².